The zero-order valence-corrected chi connectivity index (χ0v) is 8.84. The first-order chi connectivity index (χ1) is 6.11. The average molecular weight is 229 g/mol. The summed E-state index contributed by atoms with van der Waals surface area (Å²) in [5, 5.41) is 3.33. The van der Waals surface area contributed by atoms with E-state index in [1.807, 2.05) is 0 Å². The number of carbonyl (C=O) groups is 1. The number of nitrogens with zero attached hydrogens (tertiary/aromatic N) is 1. The number of alkyl halides is 1. The van der Waals surface area contributed by atoms with Crippen LogP contribution in [0.4, 0.5) is 4.39 Å². The molecule has 0 aliphatic rings. The summed E-state index contributed by atoms with van der Waals surface area (Å²) < 4.78 is 16.8. The summed E-state index contributed by atoms with van der Waals surface area (Å²) >= 11 is 0. The summed E-state index contributed by atoms with van der Waals surface area (Å²) in [6, 6.07) is 0. The molecular formula is C7H14ClFN2O3. The summed E-state index contributed by atoms with van der Waals surface area (Å²) in [6.45, 7) is 1.01. The van der Waals surface area contributed by atoms with Crippen LogP contribution in [0.25, 0.3) is 0 Å². The van der Waals surface area contributed by atoms with Gasteiger partial charge >= 0.3 is 5.97 Å². The van der Waals surface area contributed by atoms with Gasteiger partial charge in [0.2, 0.25) is 0 Å². The van der Waals surface area contributed by atoms with E-state index in [1.54, 1.807) is 0 Å². The molecule has 0 bridgehead atoms. The maximum absolute atomic E-state index is 12.4. The molecule has 0 amide bonds. The van der Waals surface area contributed by atoms with Gasteiger partial charge in [-0.05, 0) is 6.92 Å². The molecule has 0 radical (unpaired) electrons. The maximum Gasteiger partial charge on any atom is 0.355 e. The lowest BCUT2D eigenvalue weighted by Crippen LogP contribution is -2.20. The quantitative estimate of drug-likeness (QED) is 0.417. The highest BCUT2D eigenvalue weighted by molar-refractivity contribution is 6.35. The van der Waals surface area contributed by atoms with Gasteiger partial charge in [-0.15, -0.1) is 12.4 Å². The molecule has 7 heteroatoms. The van der Waals surface area contributed by atoms with Crippen molar-refractivity contribution in [3.8, 4) is 0 Å². The van der Waals surface area contributed by atoms with Gasteiger partial charge in [0.25, 0.3) is 0 Å². The van der Waals surface area contributed by atoms with Gasteiger partial charge in [-0.2, -0.15) is 0 Å². The Balaban J connectivity index is 0. The number of nitrogens with two attached hydrogens (primary N) is 1. The van der Waals surface area contributed by atoms with Crippen LogP contribution in [0, 0.1) is 0 Å². The number of ether oxygens (including phenoxy) is 1. The first-order valence-corrected chi connectivity index (χ1v) is 3.70. The minimum atomic E-state index is -1.27. The lowest BCUT2D eigenvalue weighted by atomic mass is 10.4. The Labute approximate surface area is 87.8 Å². The van der Waals surface area contributed by atoms with Crippen molar-refractivity contribution in [3.63, 3.8) is 0 Å². The molecule has 0 heterocycles. The Bertz CT molecular complexity index is 201. The molecule has 0 fully saturated rings. The fourth-order valence-corrected chi connectivity index (χ4v) is 0.468. The molecule has 1 unspecified atom stereocenters. The molecule has 0 saturated carbocycles. The third-order valence-corrected chi connectivity index (χ3v) is 1.19. The zero-order valence-electron chi connectivity index (χ0n) is 8.03. The van der Waals surface area contributed by atoms with Crippen LogP contribution in [0.1, 0.15) is 6.92 Å². The van der Waals surface area contributed by atoms with Crippen molar-refractivity contribution in [1.82, 2.24) is 0 Å². The van der Waals surface area contributed by atoms with Crippen LogP contribution < -0.4 is 5.73 Å². The molecule has 0 spiro atoms. The summed E-state index contributed by atoms with van der Waals surface area (Å²) in [5.41, 5.74) is 5.01. The summed E-state index contributed by atoms with van der Waals surface area (Å²) in [6.07, 6.45) is -1.27. The van der Waals surface area contributed by atoms with E-state index in [0.29, 0.717) is 0 Å². The lowest BCUT2D eigenvalue weighted by Gasteiger charge is -2.03. The molecule has 2 N–H and O–H groups in total. The molecule has 0 rings (SSSR count). The first-order valence-electron chi connectivity index (χ1n) is 3.70. The lowest BCUT2D eigenvalue weighted by molar-refractivity contribution is -0.133. The largest absolute Gasteiger partial charge is 0.464 e. The first kappa shape index (κ1) is 15.6. The third-order valence-electron chi connectivity index (χ3n) is 1.19. The van der Waals surface area contributed by atoms with Gasteiger partial charge in [0.05, 0.1) is 7.11 Å². The van der Waals surface area contributed by atoms with Crippen LogP contribution in [0.15, 0.2) is 5.16 Å². The van der Waals surface area contributed by atoms with Gasteiger partial charge in [0, 0.05) is 6.54 Å². The van der Waals surface area contributed by atoms with Crippen LogP contribution in [-0.2, 0) is 14.4 Å². The van der Waals surface area contributed by atoms with Gasteiger partial charge in [-0.3, -0.25) is 0 Å². The van der Waals surface area contributed by atoms with Crippen molar-refractivity contribution >= 4 is 24.1 Å². The topological polar surface area (TPSA) is 73.9 Å². The number of hydrogen-bond acceptors (Lipinski definition) is 5. The van der Waals surface area contributed by atoms with Crippen molar-refractivity contribution in [1.29, 1.82) is 0 Å². The van der Waals surface area contributed by atoms with Crippen molar-refractivity contribution in [2.24, 2.45) is 10.9 Å². The van der Waals surface area contributed by atoms with E-state index >= 15 is 0 Å². The molecule has 0 aromatic carbocycles. The summed E-state index contributed by atoms with van der Waals surface area (Å²) in [4.78, 5) is 15.2. The second-order valence-corrected chi connectivity index (χ2v) is 2.30. The number of methoxy groups -OCH3 is 1. The Morgan fingerprint density at radius 2 is 2.21 bits per heavy atom. The van der Waals surface area contributed by atoms with Crippen LogP contribution >= 0.6 is 12.4 Å². The molecule has 14 heavy (non-hydrogen) atoms. The molecule has 0 aliphatic heterocycles. The number of rotatable bonds is 5. The van der Waals surface area contributed by atoms with Gasteiger partial charge < -0.3 is 15.3 Å². The van der Waals surface area contributed by atoms with Crippen molar-refractivity contribution in [2.75, 3.05) is 20.3 Å². The molecule has 0 saturated heterocycles. The van der Waals surface area contributed by atoms with E-state index in [0.717, 1.165) is 0 Å². The Hall–Kier alpha value is -0.880. The second kappa shape index (κ2) is 8.71. The highest BCUT2D eigenvalue weighted by Gasteiger charge is 2.07. The Kier molecular flexibility index (Phi) is 9.69. The maximum atomic E-state index is 12.4. The number of oxime groups is 1. The average Bonchev–Trinajstić information content (AvgIpc) is 2.15. The summed E-state index contributed by atoms with van der Waals surface area (Å²) in [7, 11) is 1.22. The fraction of sp³-hybridized carbons (Fsp3) is 0.714. The molecule has 0 aromatic rings. The van der Waals surface area contributed by atoms with E-state index < -0.39 is 12.1 Å². The highest BCUT2D eigenvalue weighted by Crippen LogP contribution is 1.91. The van der Waals surface area contributed by atoms with E-state index in [1.165, 1.54) is 14.0 Å². The van der Waals surface area contributed by atoms with Gasteiger partial charge in [0.15, 0.2) is 5.71 Å². The van der Waals surface area contributed by atoms with E-state index in [-0.39, 0.29) is 31.3 Å². The van der Waals surface area contributed by atoms with Crippen LogP contribution in [0.5, 0.6) is 0 Å². The standard InChI is InChI=1S/C7H13FN2O3.ClH/c1-5(7(11)12-2)10-13-4-6(8)3-9;/h6H,3-4,9H2,1-2H3;1H. The van der Waals surface area contributed by atoms with Crippen LogP contribution in [0.2, 0.25) is 0 Å². The minimum absolute atomic E-state index is 0. The Morgan fingerprint density at radius 3 is 2.64 bits per heavy atom. The van der Waals surface area contributed by atoms with Crippen molar-refractivity contribution < 1.29 is 18.8 Å². The zero-order chi connectivity index (χ0) is 10.3. The molecule has 5 nitrogen and oxygen atoms in total. The number of esters is 1. The predicted octanol–water partition coefficient (Wildman–Crippen LogP) is 0.270. The minimum Gasteiger partial charge on any atom is -0.464 e. The predicted molar refractivity (Wildman–Crippen MR) is 52.3 cm³/mol. The molecule has 84 valence electrons. The molecule has 0 aromatic heterocycles. The molecule has 1 atom stereocenters. The van der Waals surface area contributed by atoms with E-state index in [4.69, 9.17) is 5.73 Å². The van der Waals surface area contributed by atoms with Crippen LogP contribution in [-0.4, -0.2) is 38.1 Å². The molecule has 0 aliphatic carbocycles. The second-order valence-electron chi connectivity index (χ2n) is 2.30. The van der Waals surface area contributed by atoms with Crippen LogP contribution in [0.3, 0.4) is 0 Å². The fourth-order valence-electron chi connectivity index (χ4n) is 0.468. The van der Waals surface area contributed by atoms with Crippen molar-refractivity contribution in [3.05, 3.63) is 0 Å². The van der Waals surface area contributed by atoms with Crippen molar-refractivity contribution in [2.45, 2.75) is 13.1 Å². The highest BCUT2D eigenvalue weighted by atomic mass is 35.5. The normalized spacial score (nSPS) is 12.7. The third kappa shape index (κ3) is 6.62. The Morgan fingerprint density at radius 1 is 1.64 bits per heavy atom. The van der Waals surface area contributed by atoms with Gasteiger partial charge in [-0.1, -0.05) is 5.16 Å². The molecular weight excluding hydrogens is 215 g/mol. The van der Waals surface area contributed by atoms with E-state index in [9.17, 15) is 9.18 Å². The smallest absolute Gasteiger partial charge is 0.355 e. The summed E-state index contributed by atoms with van der Waals surface area (Å²) in [5.74, 6) is -0.608. The number of hydrogen-bond donors (Lipinski definition) is 1. The van der Waals surface area contributed by atoms with E-state index in [2.05, 4.69) is 14.7 Å². The SMILES string of the molecule is COC(=O)C(C)=NOCC(F)CN.Cl. The van der Waals surface area contributed by atoms with Gasteiger partial charge in [0.1, 0.15) is 12.8 Å². The number of carbonyl (C=O) groups excluding carboxylic acids is 1. The van der Waals surface area contributed by atoms with Gasteiger partial charge in [-0.25, -0.2) is 9.18 Å². The number of halogens is 2. The monoisotopic (exact) mass is 228 g/mol.